The third kappa shape index (κ3) is 7.04. The van der Waals surface area contributed by atoms with Crippen molar-refractivity contribution in [2.75, 3.05) is 22.9 Å². The van der Waals surface area contributed by atoms with Crippen molar-refractivity contribution in [2.45, 2.75) is 32.1 Å². The maximum Gasteiger partial charge on any atom is 0.243 e. The van der Waals surface area contributed by atoms with Crippen molar-refractivity contribution in [3.63, 3.8) is 0 Å². The highest BCUT2D eigenvalue weighted by Crippen LogP contribution is 2.23. The molecule has 0 fully saturated rings. The molecule has 0 spiro atoms. The molecule has 0 saturated heterocycles. The summed E-state index contributed by atoms with van der Waals surface area (Å²) in [6.07, 6.45) is 1.34. The fourth-order valence-corrected chi connectivity index (χ4v) is 5.02. The summed E-state index contributed by atoms with van der Waals surface area (Å²) in [6, 6.07) is 12.5. The van der Waals surface area contributed by atoms with Crippen molar-refractivity contribution in [1.29, 1.82) is 0 Å². The van der Waals surface area contributed by atoms with Crippen LogP contribution >= 0.6 is 11.8 Å². The molecule has 1 N–H and O–H groups in total. The van der Waals surface area contributed by atoms with Gasteiger partial charge in [-0.1, -0.05) is 36.8 Å². The quantitative estimate of drug-likeness (QED) is 0.574. The van der Waals surface area contributed by atoms with Crippen LogP contribution in [0, 0.1) is 12.7 Å². The Kier molecular flexibility index (Phi) is 8.52. The lowest BCUT2D eigenvalue weighted by atomic mass is 10.2. The molecule has 29 heavy (non-hydrogen) atoms. The van der Waals surface area contributed by atoms with Crippen LogP contribution in [0.1, 0.15) is 24.5 Å². The number of nitrogens with one attached hydrogen (secondary N) is 1. The zero-order valence-electron chi connectivity index (χ0n) is 16.9. The number of carbonyl (C=O) groups excluding carboxylic acids is 1. The Labute approximate surface area is 176 Å². The normalized spacial score (nSPS) is 12.4. The fraction of sp³-hybridized carbons (Fsp3) is 0.381. The van der Waals surface area contributed by atoms with E-state index in [4.69, 9.17) is 0 Å². The Balaban J connectivity index is 1.95. The highest BCUT2D eigenvalue weighted by Gasteiger charge is 2.31. The third-order valence-electron chi connectivity index (χ3n) is 4.31. The molecule has 1 unspecified atom stereocenters. The number of anilines is 1. The number of carbonyl (C=O) groups is 1. The molecule has 0 radical (unpaired) electrons. The number of aryl methyl sites for hydroxylation is 1. The van der Waals surface area contributed by atoms with Gasteiger partial charge < -0.3 is 5.32 Å². The monoisotopic (exact) mass is 438 g/mol. The number of rotatable bonds is 10. The van der Waals surface area contributed by atoms with E-state index in [9.17, 15) is 17.6 Å². The molecular weight excluding hydrogens is 411 g/mol. The molecule has 0 aromatic heterocycles. The van der Waals surface area contributed by atoms with Crippen LogP contribution in [0.3, 0.4) is 0 Å². The van der Waals surface area contributed by atoms with E-state index in [1.807, 2.05) is 19.1 Å². The SMILES string of the molecule is CCC(C(=O)NCCSCc1cccc(C)c1)N(c1ccc(F)cc1)S(C)(=O)=O. The highest BCUT2D eigenvalue weighted by molar-refractivity contribution is 7.98. The first-order chi connectivity index (χ1) is 13.7. The molecule has 1 atom stereocenters. The zero-order chi connectivity index (χ0) is 21.4. The fourth-order valence-electron chi connectivity index (χ4n) is 3.00. The number of hydrogen-bond donors (Lipinski definition) is 1. The van der Waals surface area contributed by atoms with Crippen LogP contribution < -0.4 is 9.62 Å². The molecular formula is C21H27FN2O3S2. The number of thioether (sulfide) groups is 1. The van der Waals surface area contributed by atoms with E-state index in [2.05, 4.69) is 17.4 Å². The van der Waals surface area contributed by atoms with Gasteiger partial charge in [-0.25, -0.2) is 12.8 Å². The summed E-state index contributed by atoms with van der Waals surface area (Å²) in [6.45, 7) is 4.24. The van der Waals surface area contributed by atoms with Crippen LogP contribution in [0.2, 0.25) is 0 Å². The predicted octanol–water partition coefficient (Wildman–Crippen LogP) is 3.73. The van der Waals surface area contributed by atoms with Gasteiger partial charge in [0.2, 0.25) is 15.9 Å². The number of amides is 1. The summed E-state index contributed by atoms with van der Waals surface area (Å²) in [5, 5.41) is 2.83. The smallest absolute Gasteiger partial charge is 0.243 e. The lowest BCUT2D eigenvalue weighted by Crippen LogP contribution is -2.49. The Morgan fingerprint density at radius 3 is 2.48 bits per heavy atom. The molecule has 0 saturated carbocycles. The van der Waals surface area contributed by atoms with Gasteiger partial charge in [0, 0.05) is 18.1 Å². The van der Waals surface area contributed by atoms with Crippen LogP contribution in [0.25, 0.3) is 0 Å². The van der Waals surface area contributed by atoms with Gasteiger partial charge in [0.15, 0.2) is 0 Å². The lowest BCUT2D eigenvalue weighted by Gasteiger charge is -2.30. The summed E-state index contributed by atoms with van der Waals surface area (Å²) in [5.74, 6) is 0.731. The van der Waals surface area contributed by atoms with Crippen molar-refractivity contribution in [2.24, 2.45) is 0 Å². The topological polar surface area (TPSA) is 66.5 Å². The van der Waals surface area contributed by atoms with Gasteiger partial charge in [-0.05, 0) is 43.2 Å². The van der Waals surface area contributed by atoms with Gasteiger partial charge in [0.05, 0.1) is 11.9 Å². The van der Waals surface area contributed by atoms with Gasteiger partial charge in [0.25, 0.3) is 0 Å². The van der Waals surface area contributed by atoms with E-state index in [-0.39, 0.29) is 11.6 Å². The van der Waals surface area contributed by atoms with E-state index < -0.39 is 21.9 Å². The summed E-state index contributed by atoms with van der Waals surface area (Å²) < 4.78 is 38.9. The molecule has 0 bridgehead atoms. The second-order valence-corrected chi connectivity index (χ2v) is 9.76. The molecule has 0 aliphatic heterocycles. The summed E-state index contributed by atoms with van der Waals surface area (Å²) in [4.78, 5) is 12.7. The van der Waals surface area contributed by atoms with Crippen molar-refractivity contribution in [3.05, 3.63) is 65.5 Å². The molecule has 158 valence electrons. The van der Waals surface area contributed by atoms with Crippen LogP contribution in [-0.4, -0.2) is 38.9 Å². The molecule has 1 amide bonds. The van der Waals surface area contributed by atoms with Crippen LogP contribution in [0.15, 0.2) is 48.5 Å². The van der Waals surface area contributed by atoms with Gasteiger partial charge in [-0.2, -0.15) is 11.8 Å². The minimum Gasteiger partial charge on any atom is -0.353 e. The van der Waals surface area contributed by atoms with Gasteiger partial charge in [0.1, 0.15) is 11.9 Å². The van der Waals surface area contributed by atoms with Crippen LogP contribution in [0.4, 0.5) is 10.1 Å². The number of hydrogen-bond acceptors (Lipinski definition) is 4. The number of benzene rings is 2. The maximum absolute atomic E-state index is 13.2. The van der Waals surface area contributed by atoms with Gasteiger partial charge in [-0.15, -0.1) is 0 Å². The molecule has 5 nitrogen and oxygen atoms in total. The second kappa shape index (κ2) is 10.6. The molecule has 0 aliphatic carbocycles. The minimum atomic E-state index is -3.72. The molecule has 8 heteroatoms. The molecule has 0 aliphatic rings. The molecule has 2 aromatic carbocycles. The molecule has 2 aromatic rings. The van der Waals surface area contributed by atoms with E-state index in [1.54, 1.807) is 18.7 Å². The average molecular weight is 439 g/mol. The maximum atomic E-state index is 13.2. The second-order valence-electron chi connectivity index (χ2n) is 6.79. The summed E-state index contributed by atoms with van der Waals surface area (Å²) >= 11 is 1.70. The van der Waals surface area contributed by atoms with E-state index >= 15 is 0 Å². The molecule has 0 heterocycles. The third-order valence-corrected chi connectivity index (χ3v) is 6.52. The zero-order valence-corrected chi connectivity index (χ0v) is 18.5. The Morgan fingerprint density at radius 2 is 1.90 bits per heavy atom. The summed E-state index contributed by atoms with van der Waals surface area (Å²) in [7, 11) is -3.72. The lowest BCUT2D eigenvalue weighted by molar-refractivity contribution is -0.122. The van der Waals surface area contributed by atoms with Gasteiger partial charge in [-0.3, -0.25) is 9.10 Å². The number of sulfonamides is 1. The van der Waals surface area contributed by atoms with Crippen LogP contribution in [0.5, 0.6) is 0 Å². The highest BCUT2D eigenvalue weighted by atomic mass is 32.2. The van der Waals surface area contributed by atoms with Crippen molar-refractivity contribution in [1.82, 2.24) is 5.32 Å². The Morgan fingerprint density at radius 1 is 1.21 bits per heavy atom. The van der Waals surface area contributed by atoms with Crippen molar-refractivity contribution in [3.8, 4) is 0 Å². The largest absolute Gasteiger partial charge is 0.353 e. The average Bonchev–Trinajstić information content (AvgIpc) is 2.65. The van der Waals surface area contributed by atoms with Gasteiger partial charge >= 0.3 is 0 Å². The van der Waals surface area contributed by atoms with Crippen molar-refractivity contribution >= 4 is 33.4 Å². The number of nitrogens with zero attached hydrogens (tertiary/aromatic N) is 1. The first-order valence-electron chi connectivity index (χ1n) is 9.38. The van der Waals surface area contributed by atoms with E-state index in [1.165, 1.54) is 35.4 Å². The number of halogens is 1. The predicted molar refractivity (Wildman–Crippen MR) is 118 cm³/mol. The van der Waals surface area contributed by atoms with Crippen LogP contribution in [-0.2, 0) is 20.6 Å². The Hall–Kier alpha value is -2.06. The first kappa shape index (κ1) is 23.2. The molecule has 2 rings (SSSR count). The van der Waals surface area contributed by atoms with E-state index in [0.29, 0.717) is 18.7 Å². The minimum absolute atomic E-state index is 0.268. The van der Waals surface area contributed by atoms with Crippen molar-refractivity contribution < 1.29 is 17.6 Å². The van der Waals surface area contributed by atoms with E-state index in [0.717, 1.165) is 16.3 Å². The summed E-state index contributed by atoms with van der Waals surface area (Å²) in [5.41, 5.74) is 2.71. The standard InChI is InChI=1S/C21H27FN2O3S2/c1-4-20(24(29(3,26)27)19-10-8-18(22)9-11-19)21(25)23-12-13-28-15-17-7-5-6-16(2)14-17/h5-11,14,20H,4,12-13,15H2,1-3H3,(H,23,25). The Bertz CT molecular complexity index is 918. The first-order valence-corrected chi connectivity index (χ1v) is 12.4.